The van der Waals surface area contributed by atoms with Crippen molar-refractivity contribution in [2.45, 2.75) is 38.3 Å². The molecule has 0 saturated heterocycles. The number of nitrogens with zero attached hydrogens (tertiary/aromatic N) is 5. The van der Waals surface area contributed by atoms with Gasteiger partial charge in [-0.15, -0.1) is 5.10 Å². The van der Waals surface area contributed by atoms with Gasteiger partial charge in [-0.1, -0.05) is 19.1 Å². The monoisotopic (exact) mass is 358 g/mol. The van der Waals surface area contributed by atoms with Crippen LogP contribution in [0.15, 0.2) is 30.6 Å². The Morgan fingerprint density at radius 3 is 2.62 bits per heavy atom. The number of hydrogen-bond donors (Lipinski definition) is 2. The van der Waals surface area contributed by atoms with Gasteiger partial charge in [-0.3, -0.25) is 14.5 Å². The summed E-state index contributed by atoms with van der Waals surface area (Å²) in [7, 11) is 0. The molecule has 1 aliphatic rings. The molecule has 26 heavy (non-hydrogen) atoms. The molecule has 0 aliphatic heterocycles. The Kier molecular flexibility index (Phi) is 5.57. The minimum absolute atomic E-state index is 0.0232. The highest BCUT2D eigenvalue weighted by atomic mass is 16.4. The van der Waals surface area contributed by atoms with Crippen molar-refractivity contribution < 1.29 is 14.7 Å². The van der Waals surface area contributed by atoms with Crippen LogP contribution in [0.4, 0.5) is 0 Å². The van der Waals surface area contributed by atoms with E-state index in [9.17, 15) is 9.59 Å². The molecule has 0 spiro atoms. The van der Waals surface area contributed by atoms with E-state index >= 15 is 0 Å². The molecule has 0 bridgehead atoms. The van der Waals surface area contributed by atoms with E-state index in [0.717, 1.165) is 24.1 Å². The average Bonchev–Trinajstić information content (AvgIpc) is 3.11. The molecule has 1 aromatic heterocycles. The van der Waals surface area contributed by atoms with Crippen molar-refractivity contribution in [2.75, 3.05) is 13.1 Å². The van der Waals surface area contributed by atoms with Gasteiger partial charge >= 0.3 is 5.97 Å². The van der Waals surface area contributed by atoms with Gasteiger partial charge in [0, 0.05) is 12.1 Å². The van der Waals surface area contributed by atoms with Gasteiger partial charge < -0.3 is 10.4 Å². The molecule has 1 aliphatic carbocycles. The number of benzene rings is 1. The van der Waals surface area contributed by atoms with E-state index in [-0.39, 0.29) is 24.5 Å². The maximum Gasteiger partial charge on any atom is 0.317 e. The lowest BCUT2D eigenvalue weighted by molar-refractivity contribution is -0.139. The van der Waals surface area contributed by atoms with Crippen molar-refractivity contribution in [3.8, 4) is 5.69 Å². The standard InChI is InChI=1S/C17H22N6O3/c1-2-22(10-17(25)26)15-8-13(9-15)19-16(24)7-12-3-5-14(6-4-12)23-11-18-20-21-23/h3-6,11,13,15H,2,7-10H2,1H3,(H,19,24)(H,25,26). The van der Waals surface area contributed by atoms with Crippen LogP contribution in [0.1, 0.15) is 25.3 Å². The van der Waals surface area contributed by atoms with E-state index in [4.69, 9.17) is 5.11 Å². The number of carboxylic acids is 1. The quantitative estimate of drug-likeness (QED) is 0.696. The third-order valence-corrected chi connectivity index (χ3v) is 4.65. The van der Waals surface area contributed by atoms with Crippen molar-refractivity contribution in [3.05, 3.63) is 36.2 Å². The Balaban J connectivity index is 1.44. The number of tetrazole rings is 1. The summed E-state index contributed by atoms with van der Waals surface area (Å²) < 4.78 is 1.55. The third kappa shape index (κ3) is 4.42. The van der Waals surface area contributed by atoms with E-state index in [1.165, 1.54) is 6.33 Å². The Bertz CT molecular complexity index is 740. The molecule has 1 heterocycles. The second-order valence-electron chi connectivity index (χ2n) is 6.44. The summed E-state index contributed by atoms with van der Waals surface area (Å²) in [6.07, 6.45) is 3.42. The number of nitrogens with one attached hydrogen (secondary N) is 1. The Labute approximate surface area is 151 Å². The highest BCUT2D eigenvalue weighted by molar-refractivity contribution is 5.79. The predicted molar refractivity (Wildman–Crippen MR) is 92.7 cm³/mol. The highest BCUT2D eigenvalue weighted by Crippen LogP contribution is 2.25. The van der Waals surface area contributed by atoms with Gasteiger partial charge in [-0.2, -0.15) is 0 Å². The second kappa shape index (κ2) is 8.05. The largest absolute Gasteiger partial charge is 0.480 e. The number of hydrogen-bond acceptors (Lipinski definition) is 6. The fourth-order valence-corrected chi connectivity index (χ4v) is 3.19. The summed E-state index contributed by atoms with van der Waals surface area (Å²) in [5.41, 5.74) is 1.75. The first-order valence-corrected chi connectivity index (χ1v) is 8.62. The number of likely N-dealkylation sites (N-methyl/N-ethyl adjacent to an activating group) is 1. The van der Waals surface area contributed by atoms with Crippen LogP contribution in [0, 0.1) is 0 Å². The minimum Gasteiger partial charge on any atom is -0.480 e. The maximum absolute atomic E-state index is 12.2. The van der Waals surface area contributed by atoms with E-state index in [0.29, 0.717) is 13.0 Å². The number of carboxylic acid groups (broad SMARTS) is 1. The lowest BCUT2D eigenvalue weighted by Gasteiger charge is -2.42. The summed E-state index contributed by atoms with van der Waals surface area (Å²) in [5.74, 6) is -0.839. The first-order chi connectivity index (χ1) is 12.5. The van der Waals surface area contributed by atoms with Crippen molar-refractivity contribution in [3.63, 3.8) is 0 Å². The molecule has 3 rings (SSSR count). The highest BCUT2D eigenvalue weighted by Gasteiger charge is 2.34. The number of aromatic nitrogens is 4. The molecule has 138 valence electrons. The number of carbonyl (C=O) groups is 2. The topological polar surface area (TPSA) is 113 Å². The molecule has 1 amide bonds. The van der Waals surface area contributed by atoms with Gasteiger partial charge in [0.15, 0.2) is 0 Å². The molecule has 1 saturated carbocycles. The molecular formula is C17H22N6O3. The van der Waals surface area contributed by atoms with Crippen LogP contribution in [0.3, 0.4) is 0 Å². The van der Waals surface area contributed by atoms with Crippen molar-refractivity contribution >= 4 is 11.9 Å². The van der Waals surface area contributed by atoms with Crippen LogP contribution in [0.25, 0.3) is 5.69 Å². The number of carbonyl (C=O) groups excluding carboxylic acids is 1. The summed E-state index contributed by atoms with van der Waals surface area (Å²) in [4.78, 5) is 25.0. The molecule has 1 fully saturated rings. The van der Waals surface area contributed by atoms with Crippen LogP contribution in [0.5, 0.6) is 0 Å². The molecule has 9 heteroatoms. The van der Waals surface area contributed by atoms with Gasteiger partial charge in [0.1, 0.15) is 6.33 Å². The second-order valence-corrected chi connectivity index (χ2v) is 6.44. The first-order valence-electron chi connectivity index (χ1n) is 8.62. The zero-order valence-corrected chi connectivity index (χ0v) is 14.6. The molecular weight excluding hydrogens is 336 g/mol. The third-order valence-electron chi connectivity index (χ3n) is 4.65. The summed E-state index contributed by atoms with van der Waals surface area (Å²) >= 11 is 0. The van der Waals surface area contributed by atoms with Crippen LogP contribution >= 0.6 is 0 Å². The number of rotatable bonds is 8. The van der Waals surface area contributed by atoms with Crippen LogP contribution in [-0.2, 0) is 16.0 Å². The van der Waals surface area contributed by atoms with Gasteiger partial charge in [-0.05, 0) is 47.5 Å². The van der Waals surface area contributed by atoms with Gasteiger partial charge in [-0.25, -0.2) is 4.68 Å². The zero-order chi connectivity index (χ0) is 18.5. The molecule has 2 N–H and O–H groups in total. The van der Waals surface area contributed by atoms with Crippen molar-refractivity contribution in [1.82, 2.24) is 30.4 Å². The SMILES string of the molecule is CCN(CC(=O)O)C1CC(NC(=O)Cc2ccc(-n3cnnn3)cc2)C1. The van der Waals surface area contributed by atoms with E-state index < -0.39 is 5.97 Å². The smallest absolute Gasteiger partial charge is 0.317 e. The van der Waals surface area contributed by atoms with Crippen LogP contribution in [-0.4, -0.2) is 67.3 Å². The van der Waals surface area contributed by atoms with Gasteiger partial charge in [0.2, 0.25) is 5.91 Å². The van der Waals surface area contributed by atoms with E-state index in [2.05, 4.69) is 20.8 Å². The first kappa shape index (κ1) is 18.0. The number of amides is 1. The van der Waals surface area contributed by atoms with E-state index in [1.54, 1.807) is 4.68 Å². The molecule has 1 aromatic carbocycles. The van der Waals surface area contributed by atoms with Crippen molar-refractivity contribution in [1.29, 1.82) is 0 Å². The predicted octanol–water partition coefficient (Wildman–Crippen LogP) is 0.259. The molecule has 9 nitrogen and oxygen atoms in total. The zero-order valence-electron chi connectivity index (χ0n) is 14.6. The fourth-order valence-electron chi connectivity index (χ4n) is 3.19. The average molecular weight is 358 g/mol. The normalized spacial score (nSPS) is 19.2. The molecule has 0 unspecified atom stereocenters. The Morgan fingerprint density at radius 1 is 1.31 bits per heavy atom. The lowest BCUT2D eigenvalue weighted by atomic mass is 9.85. The molecule has 2 aromatic rings. The van der Waals surface area contributed by atoms with E-state index in [1.807, 2.05) is 36.1 Å². The lowest BCUT2D eigenvalue weighted by Crippen LogP contribution is -2.55. The van der Waals surface area contributed by atoms with Crippen LogP contribution in [0.2, 0.25) is 0 Å². The Hall–Kier alpha value is -2.81. The van der Waals surface area contributed by atoms with Crippen LogP contribution < -0.4 is 5.32 Å². The van der Waals surface area contributed by atoms with Gasteiger partial charge in [0.05, 0.1) is 18.7 Å². The summed E-state index contributed by atoms with van der Waals surface area (Å²) in [6.45, 7) is 2.70. The van der Waals surface area contributed by atoms with Crippen molar-refractivity contribution in [2.24, 2.45) is 0 Å². The molecule has 0 atom stereocenters. The minimum atomic E-state index is -0.815. The molecule has 0 radical (unpaired) electrons. The maximum atomic E-state index is 12.2. The fraction of sp³-hybridized carbons (Fsp3) is 0.471. The summed E-state index contributed by atoms with van der Waals surface area (Å²) in [6, 6.07) is 7.84. The summed E-state index contributed by atoms with van der Waals surface area (Å²) in [5, 5.41) is 22.9. The van der Waals surface area contributed by atoms with Gasteiger partial charge in [0.25, 0.3) is 0 Å². The Morgan fingerprint density at radius 2 is 2.04 bits per heavy atom. The number of aliphatic carboxylic acids is 1.